The fourth-order valence-corrected chi connectivity index (χ4v) is 5.58. The first-order chi connectivity index (χ1) is 17.7. The van der Waals surface area contributed by atoms with Gasteiger partial charge in [-0.3, -0.25) is 15.1 Å². The molecule has 37 heavy (non-hydrogen) atoms. The van der Waals surface area contributed by atoms with Crippen LogP contribution in [-0.2, 0) is 4.79 Å². The van der Waals surface area contributed by atoms with Gasteiger partial charge in [0.05, 0.1) is 7.11 Å². The molecule has 0 saturated heterocycles. The number of rotatable bonds is 4. The molecule has 0 spiro atoms. The quantitative estimate of drug-likeness (QED) is 0.354. The second kappa shape index (κ2) is 9.56. The summed E-state index contributed by atoms with van der Waals surface area (Å²) in [6.45, 7) is 4.15. The number of ketones is 1. The lowest BCUT2D eigenvalue weighted by atomic mass is 9.67. The Morgan fingerprint density at radius 3 is 2.38 bits per heavy atom. The number of allylic oxidation sites excluding steroid dienone is 2. The third-order valence-corrected chi connectivity index (χ3v) is 7.28. The van der Waals surface area contributed by atoms with Crippen molar-refractivity contribution in [2.24, 2.45) is 5.41 Å². The van der Waals surface area contributed by atoms with Crippen LogP contribution in [0.25, 0.3) is 5.76 Å². The van der Waals surface area contributed by atoms with Crippen LogP contribution in [0.5, 0.6) is 5.75 Å². The van der Waals surface area contributed by atoms with Gasteiger partial charge >= 0.3 is 0 Å². The zero-order valence-electron chi connectivity index (χ0n) is 21.1. The van der Waals surface area contributed by atoms with Crippen LogP contribution in [0.15, 0.2) is 95.7 Å². The molecule has 0 radical (unpaired) electrons. The maximum absolute atomic E-state index is 13.9. The zero-order chi connectivity index (χ0) is 26.3. The van der Waals surface area contributed by atoms with Crippen molar-refractivity contribution in [1.82, 2.24) is 0 Å². The number of Topliss-reactive ketones (excluding diaryl/α,β-unsaturated/α-hetero) is 1. The van der Waals surface area contributed by atoms with Crippen LogP contribution < -0.4 is 9.64 Å². The molecule has 5 nitrogen and oxygen atoms in total. The molecule has 3 aromatic carbocycles. The molecule has 1 atom stereocenters. The summed E-state index contributed by atoms with van der Waals surface area (Å²) in [4.78, 5) is 15.7. The van der Waals surface area contributed by atoms with Crippen LogP contribution in [0.1, 0.15) is 43.7 Å². The Labute approximate surface area is 222 Å². The number of carbonyl (C=O) groups is 1. The predicted molar refractivity (Wildman–Crippen MR) is 148 cm³/mol. The van der Waals surface area contributed by atoms with E-state index >= 15 is 0 Å². The van der Waals surface area contributed by atoms with Crippen molar-refractivity contribution < 1.29 is 14.6 Å². The third-order valence-electron chi connectivity index (χ3n) is 7.04. The molecule has 0 saturated carbocycles. The normalized spacial score (nSPS) is 20.5. The van der Waals surface area contributed by atoms with Crippen LogP contribution in [0.4, 0.5) is 5.69 Å². The van der Waals surface area contributed by atoms with Crippen LogP contribution in [0.2, 0.25) is 5.02 Å². The predicted octanol–water partition coefficient (Wildman–Crippen LogP) is 7.54. The lowest BCUT2D eigenvalue weighted by Crippen LogP contribution is -2.45. The summed E-state index contributed by atoms with van der Waals surface area (Å²) in [7, 11) is 1.61. The number of carbonyl (C=O) groups excluding carboxylic acids is 1. The largest absolute Gasteiger partial charge is 0.507 e. The van der Waals surface area contributed by atoms with Crippen molar-refractivity contribution in [3.8, 4) is 5.75 Å². The number of aliphatic hydroxyl groups excluding tert-OH is 1. The number of amidine groups is 1. The van der Waals surface area contributed by atoms with Crippen molar-refractivity contribution >= 4 is 34.7 Å². The number of hydrogen-bond acceptors (Lipinski definition) is 4. The molecule has 1 aliphatic heterocycles. The van der Waals surface area contributed by atoms with Gasteiger partial charge in [-0.1, -0.05) is 74.0 Å². The second-order valence-electron chi connectivity index (χ2n) is 10.3. The van der Waals surface area contributed by atoms with E-state index in [-0.39, 0.29) is 22.8 Å². The van der Waals surface area contributed by atoms with Gasteiger partial charge in [-0.2, -0.15) is 0 Å². The van der Waals surface area contributed by atoms with Gasteiger partial charge in [0.25, 0.3) is 0 Å². The fourth-order valence-electron chi connectivity index (χ4n) is 5.40. The number of hydrogen-bond donors (Lipinski definition) is 2. The summed E-state index contributed by atoms with van der Waals surface area (Å²) in [6.07, 6.45) is 0.990. The van der Waals surface area contributed by atoms with E-state index in [0.717, 1.165) is 11.3 Å². The minimum atomic E-state index is -0.604. The highest BCUT2D eigenvalue weighted by molar-refractivity contribution is 6.31. The maximum atomic E-state index is 13.9. The zero-order valence-corrected chi connectivity index (χ0v) is 21.8. The van der Waals surface area contributed by atoms with E-state index in [0.29, 0.717) is 46.0 Å². The summed E-state index contributed by atoms with van der Waals surface area (Å²) in [5.41, 5.74) is 3.57. The van der Waals surface area contributed by atoms with E-state index in [1.807, 2.05) is 54.6 Å². The number of ether oxygens (including phenoxy) is 1. The van der Waals surface area contributed by atoms with Crippen LogP contribution >= 0.6 is 11.6 Å². The number of nitrogens with zero attached hydrogens (tertiary/aromatic N) is 1. The molecule has 0 unspecified atom stereocenters. The van der Waals surface area contributed by atoms with Crippen LogP contribution in [-0.4, -0.2) is 23.8 Å². The number of anilines is 1. The number of aliphatic hydroxyl groups is 1. The maximum Gasteiger partial charge on any atom is 0.162 e. The average Bonchev–Trinajstić information content (AvgIpc) is 2.87. The first-order valence-corrected chi connectivity index (χ1v) is 12.6. The highest BCUT2D eigenvalue weighted by Crippen LogP contribution is 2.51. The smallest absolute Gasteiger partial charge is 0.162 e. The van der Waals surface area contributed by atoms with E-state index in [1.54, 1.807) is 36.3 Å². The lowest BCUT2D eigenvalue weighted by molar-refractivity contribution is -0.118. The Kier molecular flexibility index (Phi) is 6.42. The monoisotopic (exact) mass is 512 g/mol. The van der Waals surface area contributed by atoms with Crippen molar-refractivity contribution in [1.29, 1.82) is 5.41 Å². The Morgan fingerprint density at radius 1 is 1.03 bits per heavy atom. The number of benzene rings is 3. The van der Waals surface area contributed by atoms with Gasteiger partial charge < -0.3 is 9.84 Å². The van der Waals surface area contributed by atoms with Crippen LogP contribution in [0, 0.1) is 10.8 Å². The van der Waals surface area contributed by atoms with Gasteiger partial charge in [-0.15, -0.1) is 0 Å². The highest BCUT2D eigenvalue weighted by Gasteiger charge is 2.46. The third kappa shape index (κ3) is 4.56. The first kappa shape index (κ1) is 24.8. The molecule has 188 valence electrons. The van der Waals surface area contributed by atoms with E-state index in [9.17, 15) is 15.3 Å². The molecular formula is C31H29ClN2O3. The van der Waals surface area contributed by atoms with Crippen molar-refractivity contribution in [2.45, 2.75) is 32.6 Å². The molecular weight excluding hydrogens is 484 g/mol. The molecule has 1 heterocycles. The van der Waals surface area contributed by atoms with Crippen molar-refractivity contribution in [3.05, 3.63) is 112 Å². The van der Waals surface area contributed by atoms with Crippen molar-refractivity contribution in [3.63, 3.8) is 0 Å². The fraction of sp³-hybridized carbons (Fsp3) is 0.226. The summed E-state index contributed by atoms with van der Waals surface area (Å²) in [5.74, 6) is 0.201. The molecule has 0 amide bonds. The van der Waals surface area contributed by atoms with E-state index in [4.69, 9.17) is 16.3 Å². The summed E-state index contributed by atoms with van der Waals surface area (Å²) < 4.78 is 5.36. The SMILES string of the molecule is COc1ccc([C@@H]2C3=C(CC(C)(C)CC3=O)N(c3cccc(Cl)c3)C(=N)/C2=C(/O)c2ccccc2)cc1. The molecule has 6 heteroatoms. The standard InChI is InChI=1S/C31H29ClN2O3/c1-31(2)17-24-27(25(35)18-31)26(19-12-14-23(37-3)15-13-19)28(29(36)20-8-5-4-6-9-20)30(33)34(24)22-11-7-10-21(32)16-22/h4-16,26,33,36H,17-18H2,1-3H3/b29-28+,33-30?/t26-/m1/s1. The molecule has 5 rings (SSSR count). The molecule has 2 N–H and O–H groups in total. The topological polar surface area (TPSA) is 73.6 Å². The Morgan fingerprint density at radius 2 is 1.73 bits per heavy atom. The van der Waals surface area contributed by atoms with Gasteiger partial charge in [-0.05, 0) is 47.7 Å². The summed E-state index contributed by atoms with van der Waals surface area (Å²) in [6, 6.07) is 23.9. The molecule has 0 aromatic heterocycles. The van der Waals surface area contributed by atoms with Crippen molar-refractivity contribution in [2.75, 3.05) is 12.0 Å². The van der Waals surface area contributed by atoms with E-state index < -0.39 is 5.92 Å². The lowest BCUT2D eigenvalue weighted by Gasteiger charge is -2.45. The summed E-state index contributed by atoms with van der Waals surface area (Å²) >= 11 is 6.37. The molecule has 0 bridgehead atoms. The summed E-state index contributed by atoms with van der Waals surface area (Å²) in [5, 5.41) is 21.7. The van der Waals surface area contributed by atoms with Gasteiger partial charge in [0.1, 0.15) is 17.3 Å². The average molecular weight is 513 g/mol. The minimum absolute atomic E-state index is 0.0185. The Hall–Kier alpha value is -3.83. The number of halogens is 1. The number of methoxy groups -OCH3 is 1. The Bertz CT molecular complexity index is 1440. The minimum Gasteiger partial charge on any atom is -0.507 e. The first-order valence-electron chi connectivity index (χ1n) is 12.2. The Balaban J connectivity index is 1.84. The molecule has 2 aliphatic rings. The molecule has 0 fully saturated rings. The van der Waals surface area contributed by atoms with E-state index in [1.165, 1.54) is 0 Å². The van der Waals surface area contributed by atoms with Crippen LogP contribution in [0.3, 0.4) is 0 Å². The van der Waals surface area contributed by atoms with Gasteiger partial charge in [0, 0.05) is 45.5 Å². The highest BCUT2D eigenvalue weighted by atomic mass is 35.5. The second-order valence-corrected chi connectivity index (χ2v) is 10.7. The van der Waals surface area contributed by atoms with Gasteiger partial charge in [0.2, 0.25) is 0 Å². The van der Waals surface area contributed by atoms with Gasteiger partial charge in [-0.25, -0.2) is 0 Å². The van der Waals surface area contributed by atoms with E-state index in [2.05, 4.69) is 13.8 Å². The molecule has 1 aliphatic carbocycles. The van der Waals surface area contributed by atoms with Gasteiger partial charge in [0.15, 0.2) is 5.78 Å². The molecule has 3 aromatic rings. The number of nitrogens with one attached hydrogen (secondary N) is 1.